The predicted molar refractivity (Wildman–Crippen MR) is 107 cm³/mol. The topological polar surface area (TPSA) is 134 Å². The Bertz CT molecular complexity index is 969. The van der Waals surface area contributed by atoms with Crippen molar-refractivity contribution < 1.29 is 24.4 Å². The molecule has 0 fully saturated rings. The Morgan fingerprint density at radius 2 is 1.97 bits per heavy atom. The van der Waals surface area contributed by atoms with E-state index in [1.165, 1.54) is 18.2 Å². The molecule has 0 saturated carbocycles. The largest absolute Gasteiger partial charge is 0.505 e. The number of esters is 1. The summed E-state index contributed by atoms with van der Waals surface area (Å²) in [5, 5.41) is 30.3. The Kier molecular flexibility index (Phi) is 5.91. The molecule has 0 amide bonds. The van der Waals surface area contributed by atoms with Crippen LogP contribution in [0.4, 0.5) is 11.4 Å². The molecule has 1 aliphatic heterocycles. The SMILES string of the molecule is CCOC(=O)C1=C(O)/C(=C\C(=O)C(C)(C)C)N(c2cc([N+](=O)[O-])ccc2C)C1=N. The van der Waals surface area contributed by atoms with Gasteiger partial charge in [-0.15, -0.1) is 0 Å². The number of ether oxygens (including phenoxy) is 1. The molecule has 9 heteroatoms. The first kappa shape index (κ1) is 21.8. The Labute approximate surface area is 167 Å². The zero-order chi connectivity index (χ0) is 22.1. The Balaban J connectivity index is 2.73. The van der Waals surface area contributed by atoms with E-state index in [1.807, 2.05) is 0 Å². The lowest BCUT2D eigenvalue weighted by atomic mass is 9.90. The maximum absolute atomic E-state index is 12.6. The van der Waals surface area contributed by atoms with Gasteiger partial charge >= 0.3 is 5.97 Å². The number of carbonyl (C=O) groups excluding carboxylic acids is 2. The highest BCUT2D eigenvalue weighted by molar-refractivity contribution is 6.28. The summed E-state index contributed by atoms with van der Waals surface area (Å²) in [6.45, 7) is 8.32. The quantitative estimate of drug-likeness (QED) is 0.333. The molecule has 1 aliphatic rings. The number of hydrogen-bond acceptors (Lipinski definition) is 7. The van der Waals surface area contributed by atoms with Gasteiger partial charge in [-0.3, -0.25) is 25.2 Å². The number of aliphatic hydroxyl groups excluding tert-OH is 1. The van der Waals surface area contributed by atoms with Crippen molar-refractivity contribution in [3.8, 4) is 0 Å². The third kappa shape index (κ3) is 4.18. The maximum atomic E-state index is 12.6. The van der Waals surface area contributed by atoms with Gasteiger partial charge < -0.3 is 9.84 Å². The standard InChI is InChI=1S/C20H23N3O6/c1-6-29-19(26)16-17(25)14(10-15(24)20(3,4)5)22(18(16)21)13-9-12(23(27)28)8-7-11(13)2/h7-10,21,25H,6H2,1-5H3/b14-10+,21-18?. The van der Waals surface area contributed by atoms with Crippen molar-refractivity contribution >= 4 is 29.0 Å². The highest BCUT2D eigenvalue weighted by atomic mass is 16.6. The molecular weight excluding hydrogens is 378 g/mol. The number of nitrogens with one attached hydrogen (secondary N) is 1. The second-order valence-corrected chi connectivity index (χ2v) is 7.50. The summed E-state index contributed by atoms with van der Waals surface area (Å²) in [5.41, 5.74) is -0.794. The molecule has 9 nitrogen and oxygen atoms in total. The number of ketones is 1. The van der Waals surface area contributed by atoms with Crippen LogP contribution in [0.15, 0.2) is 41.3 Å². The molecule has 0 saturated heterocycles. The highest BCUT2D eigenvalue weighted by Crippen LogP contribution is 2.37. The van der Waals surface area contributed by atoms with Crippen molar-refractivity contribution in [3.05, 3.63) is 57.0 Å². The van der Waals surface area contributed by atoms with Gasteiger partial charge in [-0.25, -0.2) is 4.79 Å². The van der Waals surface area contributed by atoms with Crippen LogP contribution in [0.5, 0.6) is 0 Å². The van der Waals surface area contributed by atoms with Gasteiger partial charge in [0.25, 0.3) is 5.69 Å². The monoisotopic (exact) mass is 401 g/mol. The van der Waals surface area contributed by atoms with E-state index >= 15 is 0 Å². The van der Waals surface area contributed by atoms with E-state index in [-0.39, 0.29) is 29.5 Å². The van der Waals surface area contributed by atoms with Crippen LogP contribution in [-0.4, -0.2) is 34.2 Å². The van der Waals surface area contributed by atoms with E-state index in [0.29, 0.717) is 5.56 Å². The Morgan fingerprint density at radius 3 is 2.48 bits per heavy atom. The smallest absolute Gasteiger partial charge is 0.345 e. The maximum Gasteiger partial charge on any atom is 0.345 e. The van der Waals surface area contributed by atoms with Gasteiger partial charge in [-0.05, 0) is 19.4 Å². The van der Waals surface area contributed by atoms with Crippen LogP contribution in [0.1, 0.15) is 33.3 Å². The summed E-state index contributed by atoms with van der Waals surface area (Å²) >= 11 is 0. The molecule has 0 aromatic heterocycles. The van der Waals surface area contributed by atoms with Crippen LogP contribution < -0.4 is 4.90 Å². The van der Waals surface area contributed by atoms with Crippen LogP contribution in [0, 0.1) is 27.9 Å². The summed E-state index contributed by atoms with van der Waals surface area (Å²) in [4.78, 5) is 36.6. The van der Waals surface area contributed by atoms with Gasteiger partial charge in [0, 0.05) is 23.6 Å². The number of hydrogen-bond donors (Lipinski definition) is 2. The molecule has 2 rings (SSSR count). The number of amidine groups is 1. The van der Waals surface area contributed by atoms with Crippen LogP contribution in [-0.2, 0) is 14.3 Å². The van der Waals surface area contributed by atoms with E-state index in [1.54, 1.807) is 34.6 Å². The van der Waals surface area contributed by atoms with Crippen LogP contribution in [0.25, 0.3) is 0 Å². The number of rotatable bonds is 5. The molecule has 1 aromatic carbocycles. The van der Waals surface area contributed by atoms with Gasteiger partial charge in [-0.2, -0.15) is 0 Å². The highest BCUT2D eigenvalue weighted by Gasteiger charge is 2.40. The number of non-ortho nitro benzene ring substituents is 1. The molecule has 0 bridgehead atoms. The minimum absolute atomic E-state index is 0.0265. The fourth-order valence-corrected chi connectivity index (χ4v) is 2.65. The number of nitrogens with zero attached hydrogens (tertiary/aromatic N) is 2. The molecule has 0 unspecified atom stereocenters. The Morgan fingerprint density at radius 1 is 1.34 bits per heavy atom. The fourth-order valence-electron chi connectivity index (χ4n) is 2.65. The van der Waals surface area contributed by atoms with Gasteiger partial charge in [0.15, 0.2) is 11.5 Å². The van der Waals surface area contributed by atoms with Crippen molar-refractivity contribution in [3.63, 3.8) is 0 Å². The zero-order valence-corrected chi connectivity index (χ0v) is 16.9. The molecule has 0 atom stereocenters. The third-order valence-electron chi connectivity index (χ3n) is 4.31. The Hall–Kier alpha value is -3.49. The molecule has 0 radical (unpaired) electrons. The second-order valence-electron chi connectivity index (χ2n) is 7.50. The molecule has 154 valence electrons. The van der Waals surface area contributed by atoms with Crippen LogP contribution in [0.3, 0.4) is 0 Å². The lowest BCUT2D eigenvalue weighted by Gasteiger charge is -2.23. The van der Waals surface area contributed by atoms with Crippen LogP contribution in [0.2, 0.25) is 0 Å². The number of aryl methyl sites for hydroxylation is 1. The summed E-state index contributed by atoms with van der Waals surface area (Å²) in [7, 11) is 0. The number of allylic oxidation sites excluding steroid dienone is 1. The summed E-state index contributed by atoms with van der Waals surface area (Å²) < 4.78 is 4.92. The predicted octanol–water partition coefficient (Wildman–Crippen LogP) is 3.57. The first-order valence-corrected chi connectivity index (χ1v) is 8.91. The van der Waals surface area contributed by atoms with Crippen LogP contribution >= 0.6 is 0 Å². The molecule has 29 heavy (non-hydrogen) atoms. The number of benzene rings is 1. The second kappa shape index (κ2) is 7.86. The van der Waals surface area contributed by atoms with Crippen molar-refractivity contribution in [2.45, 2.75) is 34.6 Å². The van der Waals surface area contributed by atoms with Gasteiger partial charge in [0.1, 0.15) is 11.4 Å². The van der Waals surface area contributed by atoms with E-state index < -0.39 is 33.5 Å². The number of nitro groups is 1. The average Bonchev–Trinajstić information content (AvgIpc) is 2.85. The van der Waals surface area contributed by atoms with E-state index in [2.05, 4.69) is 0 Å². The number of nitro benzene ring substituents is 1. The fraction of sp³-hybridized carbons (Fsp3) is 0.350. The van der Waals surface area contributed by atoms with E-state index in [9.17, 15) is 24.8 Å². The number of anilines is 1. The van der Waals surface area contributed by atoms with Gasteiger partial charge in [0.2, 0.25) is 0 Å². The molecule has 2 N–H and O–H groups in total. The molecule has 1 aromatic rings. The van der Waals surface area contributed by atoms with Crippen molar-refractivity contribution in [2.75, 3.05) is 11.5 Å². The minimum Gasteiger partial charge on any atom is -0.505 e. The van der Waals surface area contributed by atoms with E-state index in [4.69, 9.17) is 10.1 Å². The third-order valence-corrected chi connectivity index (χ3v) is 4.31. The van der Waals surface area contributed by atoms with Crippen molar-refractivity contribution in [2.24, 2.45) is 5.41 Å². The summed E-state index contributed by atoms with van der Waals surface area (Å²) in [6, 6.07) is 4.02. The van der Waals surface area contributed by atoms with Gasteiger partial charge in [-0.1, -0.05) is 26.8 Å². The lowest BCUT2D eigenvalue weighted by Crippen LogP contribution is -2.29. The molecule has 0 spiro atoms. The average molecular weight is 401 g/mol. The zero-order valence-electron chi connectivity index (χ0n) is 16.9. The van der Waals surface area contributed by atoms with Gasteiger partial charge in [0.05, 0.1) is 22.9 Å². The first-order valence-electron chi connectivity index (χ1n) is 8.91. The molecule has 1 heterocycles. The summed E-state index contributed by atoms with van der Waals surface area (Å²) in [5.74, 6) is -2.30. The minimum atomic E-state index is -0.922. The molecule has 0 aliphatic carbocycles. The van der Waals surface area contributed by atoms with Crippen molar-refractivity contribution in [1.82, 2.24) is 0 Å². The number of carbonyl (C=O) groups is 2. The van der Waals surface area contributed by atoms with Crippen molar-refractivity contribution in [1.29, 1.82) is 5.41 Å². The first-order chi connectivity index (χ1) is 13.4. The normalized spacial score (nSPS) is 15.8. The van der Waals surface area contributed by atoms with E-state index in [0.717, 1.165) is 11.0 Å². The number of aliphatic hydroxyl groups is 1. The lowest BCUT2D eigenvalue weighted by molar-refractivity contribution is -0.384. The molecular formula is C20H23N3O6. The summed E-state index contributed by atoms with van der Waals surface area (Å²) in [6.07, 6.45) is 1.13.